The molecule has 3 aromatic rings. The molecule has 0 atom stereocenters. The Morgan fingerprint density at radius 3 is 1.94 bits per heavy atom. The van der Waals surface area contributed by atoms with Gasteiger partial charge in [0.15, 0.2) is 0 Å². The number of hydrazone groups is 1. The molecule has 1 N–H and O–H groups in total. The van der Waals surface area contributed by atoms with Crippen LogP contribution < -0.4 is 10.2 Å². The number of nitro benzene ring substituents is 3. The molecule has 0 bridgehead atoms. The van der Waals surface area contributed by atoms with E-state index in [0.29, 0.717) is 5.56 Å². The van der Waals surface area contributed by atoms with Crippen LogP contribution in [0.4, 0.5) is 17.1 Å². The first-order valence-electron chi connectivity index (χ1n) is 9.48. The summed E-state index contributed by atoms with van der Waals surface area (Å²) in [6.07, 6.45) is 1.23. The van der Waals surface area contributed by atoms with Gasteiger partial charge in [-0.05, 0) is 29.8 Å². The number of carbonyl (C=O) groups excluding carboxylic acids is 2. The molecule has 14 heteroatoms. The Hall–Kier alpha value is -5.53. The van der Waals surface area contributed by atoms with Crippen molar-refractivity contribution in [1.29, 1.82) is 0 Å². The molecule has 0 aliphatic carbocycles. The van der Waals surface area contributed by atoms with Gasteiger partial charge in [-0.25, -0.2) is 10.2 Å². The van der Waals surface area contributed by atoms with Crippen molar-refractivity contribution in [1.82, 2.24) is 5.43 Å². The Balaban J connectivity index is 1.69. The summed E-state index contributed by atoms with van der Waals surface area (Å²) in [6, 6.07) is 13.1. The minimum atomic E-state index is -1.06. The summed E-state index contributed by atoms with van der Waals surface area (Å²) in [4.78, 5) is 54.8. The number of hydrogen-bond acceptors (Lipinski definition) is 10. The van der Waals surface area contributed by atoms with Gasteiger partial charge in [-0.3, -0.25) is 35.1 Å². The van der Waals surface area contributed by atoms with E-state index in [-0.39, 0.29) is 22.6 Å². The zero-order valence-electron chi connectivity index (χ0n) is 17.4. The highest BCUT2D eigenvalue weighted by Crippen LogP contribution is 2.24. The third-order valence-corrected chi connectivity index (χ3v) is 4.35. The van der Waals surface area contributed by atoms with Gasteiger partial charge in [-0.1, -0.05) is 12.1 Å². The second kappa shape index (κ2) is 10.4. The fraction of sp³-hybridized carbons (Fsp3) is 0. The summed E-state index contributed by atoms with van der Waals surface area (Å²) in [5.74, 6) is -1.67. The lowest BCUT2D eigenvalue weighted by molar-refractivity contribution is -0.394. The highest BCUT2D eigenvalue weighted by Gasteiger charge is 2.21. The summed E-state index contributed by atoms with van der Waals surface area (Å²) < 4.78 is 5.15. The molecule has 0 heterocycles. The quantitative estimate of drug-likeness (QED) is 0.165. The van der Waals surface area contributed by atoms with Crippen molar-refractivity contribution >= 4 is 35.2 Å². The molecule has 0 saturated heterocycles. The van der Waals surface area contributed by atoms with Gasteiger partial charge >= 0.3 is 5.97 Å². The van der Waals surface area contributed by atoms with Crippen molar-refractivity contribution in [3.8, 4) is 5.75 Å². The van der Waals surface area contributed by atoms with Gasteiger partial charge < -0.3 is 4.74 Å². The van der Waals surface area contributed by atoms with Crippen LogP contribution in [0.25, 0.3) is 0 Å². The molecule has 0 aromatic heterocycles. The van der Waals surface area contributed by atoms with Crippen LogP contribution in [-0.2, 0) is 0 Å². The van der Waals surface area contributed by atoms with Gasteiger partial charge in [0.1, 0.15) is 5.75 Å². The molecule has 0 unspecified atom stereocenters. The molecule has 0 aliphatic rings. The zero-order chi connectivity index (χ0) is 25.5. The van der Waals surface area contributed by atoms with E-state index in [4.69, 9.17) is 4.74 Å². The maximum atomic E-state index is 12.4. The van der Waals surface area contributed by atoms with Crippen molar-refractivity contribution in [3.05, 3.63) is 114 Å². The van der Waals surface area contributed by atoms with Crippen molar-refractivity contribution in [3.63, 3.8) is 0 Å². The van der Waals surface area contributed by atoms with E-state index in [1.165, 1.54) is 48.7 Å². The number of amides is 1. The van der Waals surface area contributed by atoms with Crippen LogP contribution in [0.3, 0.4) is 0 Å². The molecular formula is C21H13N5O9. The molecule has 14 nitrogen and oxygen atoms in total. The Labute approximate surface area is 194 Å². The van der Waals surface area contributed by atoms with Gasteiger partial charge in [0.25, 0.3) is 23.0 Å². The lowest BCUT2D eigenvalue weighted by atomic mass is 10.1. The Morgan fingerprint density at radius 1 is 0.771 bits per heavy atom. The summed E-state index contributed by atoms with van der Waals surface area (Å²) in [7, 11) is 0. The molecule has 3 aromatic carbocycles. The number of benzene rings is 3. The van der Waals surface area contributed by atoms with Crippen LogP contribution >= 0.6 is 0 Å². The number of non-ortho nitro benzene ring substituents is 3. The molecule has 1 amide bonds. The van der Waals surface area contributed by atoms with Crippen LogP contribution in [0, 0.1) is 30.3 Å². The van der Waals surface area contributed by atoms with Crippen LogP contribution in [-0.4, -0.2) is 32.9 Å². The number of rotatable bonds is 8. The highest BCUT2D eigenvalue weighted by atomic mass is 16.6. The third-order valence-electron chi connectivity index (χ3n) is 4.35. The van der Waals surface area contributed by atoms with Gasteiger partial charge in [0.2, 0.25) is 0 Å². The molecular weight excluding hydrogens is 466 g/mol. The van der Waals surface area contributed by atoms with Crippen LogP contribution in [0.15, 0.2) is 71.8 Å². The minimum absolute atomic E-state index is 0.00908. The van der Waals surface area contributed by atoms with Crippen LogP contribution in [0.1, 0.15) is 26.3 Å². The second-order valence-electron chi connectivity index (χ2n) is 6.72. The van der Waals surface area contributed by atoms with E-state index in [1.54, 1.807) is 6.07 Å². The van der Waals surface area contributed by atoms with E-state index in [0.717, 1.165) is 18.2 Å². The first-order chi connectivity index (χ1) is 16.6. The van der Waals surface area contributed by atoms with Crippen molar-refractivity contribution < 1.29 is 29.1 Å². The molecule has 35 heavy (non-hydrogen) atoms. The Kier molecular flexibility index (Phi) is 7.16. The van der Waals surface area contributed by atoms with E-state index >= 15 is 0 Å². The predicted octanol–water partition coefficient (Wildman–Crippen LogP) is 3.39. The summed E-state index contributed by atoms with van der Waals surface area (Å²) >= 11 is 0. The largest absolute Gasteiger partial charge is 0.423 e. The maximum absolute atomic E-state index is 12.4. The second-order valence-corrected chi connectivity index (χ2v) is 6.72. The molecule has 0 fully saturated rings. The number of nitrogens with zero attached hydrogens (tertiary/aromatic N) is 4. The first-order valence-corrected chi connectivity index (χ1v) is 9.48. The van der Waals surface area contributed by atoms with Crippen LogP contribution in [0.5, 0.6) is 5.75 Å². The SMILES string of the molecule is O=C(N/N=C\c1cccc(OC(=O)c2cc([N+](=O)[O-])cc([N+](=O)[O-])c2)c1)c1ccc([N+](=O)[O-])cc1. The van der Waals surface area contributed by atoms with Gasteiger partial charge in [-0.2, -0.15) is 5.10 Å². The lowest BCUT2D eigenvalue weighted by Crippen LogP contribution is -2.17. The number of nitro groups is 3. The fourth-order valence-corrected chi connectivity index (χ4v) is 2.71. The number of ether oxygens (including phenoxy) is 1. The summed E-state index contributed by atoms with van der Waals surface area (Å²) in [5.41, 5.74) is 0.930. The molecule has 0 radical (unpaired) electrons. The molecule has 0 aliphatic heterocycles. The normalized spacial score (nSPS) is 10.5. The van der Waals surface area contributed by atoms with Crippen molar-refractivity contribution in [2.45, 2.75) is 0 Å². The van der Waals surface area contributed by atoms with Gasteiger partial charge in [0, 0.05) is 29.8 Å². The Bertz CT molecular complexity index is 1340. The van der Waals surface area contributed by atoms with E-state index in [1.807, 2.05) is 0 Å². The van der Waals surface area contributed by atoms with Gasteiger partial charge in [-0.15, -0.1) is 0 Å². The van der Waals surface area contributed by atoms with Crippen LogP contribution in [0.2, 0.25) is 0 Å². The predicted molar refractivity (Wildman–Crippen MR) is 119 cm³/mol. The maximum Gasteiger partial charge on any atom is 0.344 e. The van der Waals surface area contributed by atoms with Crippen molar-refractivity contribution in [2.75, 3.05) is 0 Å². The molecule has 176 valence electrons. The number of nitrogens with one attached hydrogen (secondary N) is 1. The van der Waals surface area contributed by atoms with E-state index in [2.05, 4.69) is 10.5 Å². The van der Waals surface area contributed by atoms with Gasteiger partial charge in [0.05, 0.1) is 32.6 Å². The fourth-order valence-electron chi connectivity index (χ4n) is 2.71. The standard InChI is InChI=1S/C21H13N5O9/c27-20(14-4-6-16(7-5-14)24(29)30)23-22-12-13-2-1-3-19(8-13)35-21(28)15-9-17(25(31)32)11-18(10-15)26(33)34/h1-12H,(H,23,27)/b22-12-. The minimum Gasteiger partial charge on any atom is -0.423 e. The average Bonchev–Trinajstić information content (AvgIpc) is 2.83. The average molecular weight is 479 g/mol. The number of esters is 1. The third kappa shape index (κ3) is 6.26. The number of carbonyl (C=O) groups is 2. The lowest BCUT2D eigenvalue weighted by Gasteiger charge is -2.05. The molecule has 0 saturated carbocycles. The summed E-state index contributed by atoms with van der Waals surface area (Å²) in [6.45, 7) is 0. The summed E-state index contributed by atoms with van der Waals surface area (Å²) in [5, 5.41) is 36.4. The van der Waals surface area contributed by atoms with Crippen molar-refractivity contribution in [2.24, 2.45) is 5.10 Å². The highest BCUT2D eigenvalue weighted by molar-refractivity contribution is 5.95. The molecule has 0 spiro atoms. The smallest absolute Gasteiger partial charge is 0.344 e. The first kappa shape index (κ1) is 24.1. The topological polar surface area (TPSA) is 197 Å². The monoisotopic (exact) mass is 479 g/mol. The Morgan fingerprint density at radius 2 is 1.37 bits per heavy atom. The van der Waals surface area contributed by atoms with E-state index in [9.17, 15) is 39.9 Å². The molecule has 3 rings (SSSR count). The zero-order valence-corrected chi connectivity index (χ0v) is 17.4. The number of hydrogen-bond donors (Lipinski definition) is 1. The van der Waals surface area contributed by atoms with E-state index < -0.39 is 38.0 Å².